The van der Waals surface area contributed by atoms with Crippen molar-refractivity contribution in [1.82, 2.24) is 10.3 Å². The summed E-state index contributed by atoms with van der Waals surface area (Å²) in [4.78, 5) is 4.06. The monoisotopic (exact) mass is 188 g/mol. The Balaban J connectivity index is 2.37. The normalized spacial score (nSPS) is 12.0. The fourth-order valence-corrected chi connectivity index (χ4v) is 1.35. The fourth-order valence-electron chi connectivity index (χ4n) is 1.35. The highest BCUT2D eigenvalue weighted by atomic mass is 14.9. The molecule has 0 aromatic carbocycles. The van der Waals surface area contributed by atoms with Crippen LogP contribution in [0.25, 0.3) is 0 Å². The molecule has 1 aromatic heterocycles. The van der Waals surface area contributed by atoms with Crippen molar-refractivity contribution in [2.75, 3.05) is 6.54 Å². The molecule has 0 aliphatic heterocycles. The second-order valence-corrected chi connectivity index (χ2v) is 3.18. The van der Waals surface area contributed by atoms with Gasteiger partial charge in [-0.15, -0.1) is 6.42 Å². The second-order valence-electron chi connectivity index (χ2n) is 3.18. The average molecular weight is 188 g/mol. The first-order valence-corrected chi connectivity index (χ1v) is 4.95. The van der Waals surface area contributed by atoms with Gasteiger partial charge in [-0.25, -0.2) is 0 Å². The zero-order valence-corrected chi connectivity index (χ0v) is 8.53. The molecule has 0 aliphatic rings. The molecule has 0 fully saturated rings. The van der Waals surface area contributed by atoms with Crippen LogP contribution in [0.15, 0.2) is 24.5 Å². The lowest BCUT2D eigenvalue weighted by Crippen LogP contribution is -2.27. The molecule has 1 rings (SSSR count). The van der Waals surface area contributed by atoms with Gasteiger partial charge in [0.2, 0.25) is 0 Å². The average Bonchev–Trinajstić information content (AvgIpc) is 2.25. The Morgan fingerprint density at radius 3 is 3.07 bits per heavy atom. The number of hydrogen-bond acceptors (Lipinski definition) is 2. The third-order valence-electron chi connectivity index (χ3n) is 2.10. The van der Waals surface area contributed by atoms with Crippen LogP contribution in [0.5, 0.6) is 0 Å². The van der Waals surface area contributed by atoms with Crippen LogP contribution in [-0.4, -0.2) is 17.6 Å². The molecule has 0 aliphatic carbocycles. The molecule has 0 saturated carbocycles. The lowest BCUT2D eigenvalue weighted by molar-refractivity contribution is 0.588. The number of aromatic nitrogens is 1. The van der Waals surface area contributed by atoms with Crippen molar-refractivity contribution in [3.05, 3.63) is 30.1 Å². The highest BCUT2D eigenvalue weighted by Gasteiger charge is 2.02. The summed E-state index contributed by atoms with van der Waals surface area (Å²) in [5.41, 5.74) is 1.24. The predicted octanol–water partition coefficient (Wildman–Crippen LogP) is 1.63. The number of terminal acetylenes is 1. The summed E-state index contributed by atoms with van der Waals surface area (Å²) in [6.45, 7) is 2.98. The minimum atomic E-state index is 0.181. The molecule has 1 atom stereocenters. The standard InChI is InChI=1S/C12H16N2/c1-3-12(14-4-2)8-7-11-6-5-9-13-10-11/h1,5-6,9-10,12,14H,4,7-8H2,2H3. The van der Waals surface area contributed by atoms with E-state index in [0.717, 1.165) is 19.4 Å². The van der Waals surface area contributed by atoms with Crippen molar-refractivity contribution >= 4 is 0 Å². The molecule has 1 aromatic rings. The number of nitrogens with zero attached hydrogens (tertiary/aromatic N) is 1. The topological polar surface area (TPSA) is 24.9 Å². The Morgan fingerprint density at radius 2 is 2.50 bits per heavy atom. The van der Waals surface area contributed by atoms with Gasteiger partial charge < -0.3 is 5.32 Å². The molecule has 1 heterocycles. The van der Waals surface area contributed by atoms with Gasteiger partial charge >= 0.3 is 0 Å². The summed E-state index contributed by atoms with van der Waals surface area (Å²) >= 11 is 0. The van der Waals surface area contributed by atoms with Crippen molar-refractivity contribution in [3.63, 3.8) is 0 Å². The third-order valence-corrected chi connectivity index (χ3v) is 2.10. The van der Waals surface area contributed by atoms with Crippen LogP contribution in [0.1, 0.15) is 18.9 Å². The molecule has 0 bridgehead atoms. The molecule has 14 heavy (non-hydrogen) atoms. The first-order valence-electron chi connectivity index (χ1n) is 4.95. The Kier molecular flexibility index (Phi) is 4.74. The highest BCUT2D eigenvalue weighted by molar-refractivity contribution is 5.10. The summed E-state index contributed by atoms with van der Waals surface area (Å²) in [5.74, 6) is 2.74. The fraction of sp³-hybridized carbons (Fsp3) is 0.417. The van der Waals surface area contributed by atoms with Crippen molar-refractivity contribution in [2.45, 2.75) is 25.8 Å². The largest absolute Gasteiger partial charge is 0.304 e. The molecular weight excluding hydrogens is 172 g/mol. The van der Waals surface area contributed by atoms with Crippen LogP contribution in [0.4, 0.5) is 0 Å². The van der Waals surface area contributed by atoms with E-state index in [9.17, 15) is 0 Å². The Morgan fingerprint density at radius 1 is 1.64 bits per heavy atom. The second kappa shape index (κ2) is 6.17. The minimum absolute atomic E-state index is 0.181. The van der Waals surface area contributed by atoms with Gasteiger partial charge in [0.25, 0.3) is 0 Å². The number of hydrogen-bond donors (Lipinski definition) is 1. The number of aryl methyl sites for hydroxylation is 1. The molecule has 0 amide bonds. The van der Waals surface area contributed by atoms with Crippen LogP contribution in [0.2, 0.25) is 0 Å². The third kappa shape index (κ3) is 3.59. The number of pyridine rings is 1. The van der Waals surface area contributed by atoms with E-state index in [-0.39, 0.29) is 6.04 Å². The van der Waals surface area contributed by atoms with Crippen LogP contribution < -0.4 is 5.32 Å². The predicted molar refractivity (Wildman–Crippen MR) is 58.9 cm³/mol. The minimum Gasteiger partial charge on any atom is -0.304 e. The summed E-state index contributed by atoms with van der Waals surface area (Å²) in [6, 6.07) is 4.21. The number of rotatable bonds is 5. The van der Waals surface area contributed by atoms with E-state index < -0.39 is 0 Å². The van der Waals surface area contributed by atoms with E-state index in [1.165, 1.54) is 5.56 Å². The van der Waals surface area contributed by atoms with E-state index in [0.29, 0.717) is 0 Å². The van der Waals surface area contributed by atoms with E-state index in [1.807, 2.05) is 12.3 Å². The van der Waals surface area contributed by atoms with Crippen LogP contribution in [0, 0.1) is 12.3 Å². The Labute approximate surface area is 85.8 Å². The molecule has 0 saturated heterocycles. The molecule has 74 valence electrons. The molecule has 2 nitrogen and oxygen atoms in total. The van der Waals surface area contributed by atoms with Crippen molar-refractivity contribution in [3.8, 4) is 12.3 Å². The van der Waals surface area contributed by atoms with E-state index in [4.69, 9.17) is 6.42 Å². The van der Waals surface area contributed by atoms with Crippen molar-refractivity contribution in [2.24, 2.45) is 0 Å². The molecule has 2 heteroatoms. The van der Waals surface area contributed by atoms with Gasteiger partial charge in [0, 0.05) is 12.4 Å². The zero-order chi connectivity index (χ0) is 10.2. The first kappa shape index (κ1) is 10.7. The zero-order valence-electron chi connectivity index (χ0n) is 8.53. The first-order chi connectivity index (χ1) is 6.86. The SMILES string of the molecule is C#CC(CCc1cccnc1)NCC. The van der Waals surface area contributed by atoms with Gasteiger partial charge in [0.1, 0.15) is 0 Å². The summed E-state index contributed by atoms with van der Waals surface area (Å²) < 4.78 is 0. The smallest absolute Gasteiger partial charge is 0.0690 e. The van der Waals surface area contributed by atoms with Crippen molar-refractivity contribution < 1.29 is 0 Å². The van der Waals surface area contributed by atoms with E-state index in [2.05, 4.69) is 29.2 Å². The highest BCUT2D eigenvalue weighted by Crippen LogP contribution is 2.02. The maximum absolute atomic E-state index is 5.39. The van der Waals surface area contributed by atoms with Gasteiger partial charge in [0.05, 0.1) is 6.04 Å². The van der Waals surface area contributed by atoms with Crippen LogP contribution >= 0.6 is 0 Å². The molecule has 1 N–H and O–H groups in total. The molecule has 0 spiro atoms. The van der Waals surface area contributed by atoms with Gasteiger partial charge in [-0.05, 0) is 31.0 Å². The Hall–Kier alpha value is -1.33. The van der Waals surface area contributed by atoms with Gasteiger partial charge in [0.15, 0.2) is 0 Å². The summed E-state index contributed by atoms with van der Waals surface area (Å²) in [6.07, 6.45) is 11.0. The quantitative estimate of drug-likeness (QED) is 0.710. The molecule has 0 radical (unpaired) electrons. The van der Waals surface area contributed by atoms with Crippen LogP contribution in [0.3, 0.4) is 0 Å². The Bertz CT molecular complexity index is 287. The lowest BCUT2D eigenvalue weighted by Gasteiger charge is -2.10. The maximum Gasteiger partial charge on any atom is 0.0690 e. The van der Waals surface area contributed by atoms with Crippen LogP contribution in [-0.2, 0) is 6.42 Å². The maximum atomic E-state index is 5.39. The summed E-state index contributed by atoms with van der Waals surface area (Å²) in [7, 11) is 0. The van der Waals surface area contributed by atoms with Gasteiger partial charge in [-0.2, -0.15) is 0 Å². The van der Waals surface area contributed by atoms with Crippen molar-refractivity contribution in [1.29, 1.82) is 0 Å². The molecule has 1 unspecified atom stereocenters. The van der Waals surface area contributed by atoms with E-state index in [1.54, 1.807) is 6.20 Å². The summed E-state index contributed by atoms with van der Waals surface area (Å²) in [5, 5.41) is 3.25. The van der Waals surface area contributed by atoms with Gasteiger partial charge in [-0.3, -0.25) is 4.98 Å². The van der Waals surface area contributed by atoms with Gasteiger partial charge in [-0.1, -0.05) is 18.9 Å². The lowest BCUT2D eigenvalue weighted by atomic mass is 10.1. The number of nitrogens with one attached hydrogen (secondary N) is 1. The molecular formula is C12H16N2. The van der Waals surface area contributed by atoms with E-state index >= 15 is 0 Å².